The maximum absolute atomic E-state index is 13.4. The smallest absolute Gasteiger partial charge is 0.258 e. The lowest BCUT2D eigenvalue weighted by Crippen LogP contribution is -2.45. The van der Waals surface area contributed by atoms with Crippen LogP contribution in [0.3, 0.4) is 0 Å². The van der Waals surface area contributed by atoms with Crippen LogP contribution < -0.4 is 10.6 Å². The molecule has 0 spiro atoms. The van der Waals surface area contributed by atoms with Crippen LogP contribution in [0.4, 0.5) is 22.0 Å². The minimum Gasteiger partial charge on any atom is -0.341 e. The van der Waals surface area contributed by atoms with E-state index < -0.39 is 52.5 Å². The highest BCUT2D eigenvalue weighted by Gasteiger charge is 2.30. The number of benzene rings is 1. The van der Waals surface area contributed by atoms with Gasteiger partial charge < -0.3 is 10.6 Å². The molecule has 0 heterocycles. The summed E-state index contributed by atoms with van der Waals surface area (Å²) in [6.07, 6.45) is 0. The molecule has 1 atom stereocenters. The number of nitrogens with one attached hydrogen (secondary N) is 2. The summed E-state index contributed by atoms with van der Waals surface area (Å²) in [7, 11) is 0. The topological polar surface area (TPSA) is 82.0 Å². The van der Waals surface area contributed by atoms with Gasteiger partial charge in [-0.1, -0.05) is 0 Å². The van der Waals surface area contributed by atoms with Crippen LogP contribution in [0.5, 0.6) is 0 Å². The van der Waals surface area contributed by atoms with Gasteiger partial charge in [-0.2, -0.15) is 5.26 Å². The highest BCUT2D eigenvalue weighted by atomic mass is 19.2. The summed E-state index contributed by atoms with van der Waals surface area (Å²) < 4.78 is 65.5. The highest BCUT2D eigenvalue weighted by Crippen LogP contribution is 2.22. The number of carbonyl (C=O) groups is 2. The Morgan fingerprint density at radius 2 is 1.50 bits per heavy atom. The van der Waals surface area contributed by atoms with Crippen molar-refractivity contribution in [3.05, 3.63) is 34.6 Å². The average Bonchev–Trinajstić information content (AvgIpc) is 2.48. The molecular formula is C12H8F5N3O2. The molecule has 0 aliphatic carbocycles. The Kier molecular flexibility index (Phi) is 5.39. The van der Waals surface area contributed by atoms with Crippen LogP contribution in [0.15, 0.2) is 0 Å². The van der Waals surface area contributed by atoms with Gasteiger partial charge in [0.05, 0.1) is 6.07 Å². The van der Waals surface area contributed by atoms with E-state index in [9.17, 15) is 31.5 Å². The van der Waals surface area contributed by atoms with Gasteiger partial charge in [0, 0.05) is 0 Å². The van der Waals surface area contributed by atoms with Crippen molar-refractivity contribution in [2.75, 3.05) is 6.54 Å². The molecule has 0 radical (unpaired) electrons. The highest BCUT2D eigenvalue weighted by molar-refractivity contribution is 5.97. The molecule has 118 valence electrons. The Labute approximate surface area is 120 Å². The molecule has 0 saturated carbocycles. The van der Waals surface area contributed by atoms with E-state index in [1.807, 2.05) is 5.32 Å². The van der Waals surface area contributed by atoms with Gasteiger partial charge in [0.1, 0.15) is 18.2 Å². The lowest BCUT2D eigenvalue weighted by molar-refractivity contribution is -0.122. The Morgan fingerprint density at radius 3 is 1.95 bits per heavy atom. The van der Waals surface area contributed by atoms with Crippen LogP contribution in [-0.4, -0.2) is 24.4 Å². The van der Waals surface area contributed by atoms with Gasteiger partial charge >= 0.3 is 0 Å². The van der Waals surface area contributed by atoms with Crippen LogP contribution in [-0.2, 0) is 4.79 Å². The molecule has 0 aliphatic rings. The van der Waals surface area contributed by atoms with Crippen molar-refractivity contribution in [3.8, 4) is 6.07 Å². The van der Waals surface area contributed by atoms with E-state index in [0.717, 1.165) is 6.92 Å². The molecule has 22 heavy (non-hydrogen) atoms. The minimum absolute atomic E-state index is 0.387. The summed E-state index contributed by atoms with van der Waals surface area (Å²) in [5.41, 5.74) is -1.70. The molecule has 2 amide bonds. The second-order valence-corrected chi connectivity index (χ2v) is 4.02. The molecule has 1 rings (SSSR count). The first-order chi connectivity index (χ1) is 10.2. The van der Waals surface area contributed by atoms with Crippen molar-refractivity contribution in [3.63, 3.8) is 0 Å². The van der Waals surface area contributed by atoms with E-state index >= 15 is 0 Å². The largest absolute Gasteiger partial charge is 0.341 e. The first-order valence-electron chi connectivity index (χ1n) is 5.69. The first kappa shape index (κ1) is 17.4. The molecule has 0 bridgehead atoms. The summed E-state index contributed by atoms with van der Waals surface area (Å²) >= 11 is 0. The van der Waals surface area contributed by atoms with Crippen molar-refractivity contribution < 1.29 is 31.5 Å². The molecule has 1 aromatic carbocycles. The van der Waals surface area contributed by atoms with Crippen LogP contribution >= 0.6 is 0 Å². The summed E-state index contributed by atoms with van der Waals surface area (Å²) in [5, 5.41) is 12.1. The van der Waals surface area contributed by atoms with Gasteiger partial charge in [-0.3, -0.25) is 9.59 Å². The van der Waals surface area contributed by atoms with Gasteiger partial charge in [-0.05, 0) is 6.92 Å². The van der Waals surface area contributed by atoms with Gasteiger partial charge in [0.2, 0.25) is 11.7 Å². The third kappa shape index (κ3) is 3.30. The summed E-state index contributed by atoms with van der Waals surface area (Å²) in [4.78, 5) is 23.0. The predicted octanol–water partition coefficient (Wildman–Crippen LogP) is 1.14. The molecule has 2 N–H and O–H groups in total. The van der Waals surface area contributed by atoms with Crippen LogP contribution in [0.25, 0.3) is 0 Å². The van der Waals surface area contributed by atoms with Gasteiger partial charge in [-0.15, -0.1) is 0 Å². The third-order valence-corrected chi connectivity index (χ3v) is 2.52. The number of rotatable bonds is 4. The monoisotopic (exact) mass is 321 g/mol. The Hall–Kier alpha value is -2.70. The lowest BCUT2D eigenvalue weighted by Gasteiger charge is -2.14. The molecule has 0 aromatic heterocycles. The SMILES string of the molecule is C[C@H](NC(=O)c1c(F)c(F)c(F)c(F)c1F)C(=O)NCC#N. The number of nitriles is 1. The zero-order chi connectivity index (χ0) is 17.0. The molecule has 0 saturated heterocycles. The fourth-order valence-electron chi connectivity index (χ4n) is 1.42. The summed E-state index contributed by atoms with van der Waals surface area (Å²) in [5.74, 6) is -14.1. The molecule has 0 unspecified atom stereocenters. The van der Waals surface area contributed by atoms with E-state index in [2.05, 4.69) is 0 Å². The number of carbonyl (C=O) groups excluding carboxylic acids is 2. The van der Waals surface area contributed by atoms with E-state index in [4.69, 9.17) is 5.26 Å². The minimum atomic E-state index is -2.40. The van der Waals surface area contributed by atoms with Crippen molar-refractivity contribution in [2.24, 2.45) is 0 Å². The molecular weight excluding hydrogens is 313 g/mol. The third-order valence-electron chi connectivity index (χ3n) is 2.52. The number of hydrogen-bond donors (Lipinski definition) is 2. The van der Waals surface area contributed by atoms with Crippen molar-refractivity contribution in [2.45, 2.75) is 13.0 Å². The lowest BCUT2D eigenvalue weighted by atomic mass is 10.1. The van der Waals surface area contributed by atoms with Gasteiger partial charge in [0.15, 0.2) is 23.3 Å². The summed E-state index contributed by atoms with van der Waals surface area (Å²) in [6, 6.07) is 0.207. The van der Waals surface area contributed by atoms with Crippen molar-refractivity contribution in [1.82, 2.24) is 10.6 Å². The van der Waals surface area contributed by atoms with Crippen molar-refractivity contribution in [1.29, 1.82) is 5.26 Å². The number of amides is 2. The van der Waals surface area contributed by atoms with E-state index in [-0.39, 0.29) is 6.54 Å². The van der Waals surface area contributed by atoms with Crippen LogP contribution in [0.2, 0.25) is 0 Å². The zero-order valence-electron chi connectivity index (χ0n) is 10.9. The quantitative estimate of drug-likeness (QED) is 0.378. The standard InChI is InChI=1S/C12H8F5N3O2/c1-4(11(21)19-3-2-18)20-12(22)5-6(13)8(15)10(17)9(16)7(5)14/h4H,3H2,1H3,(H,19,21)(H,20,22)/t4-/m0/s1. The van der Waals surface area contributed by atoms with E-state index in [1.165, 1.54) is 0 Å². The average molecular weight is 321 g/mol. The Morgan fingerprint density at radius 1 is 1.05 bits per heavy atom. The molecule has 0 fully saturated rings. The second kappa shape index (κ2) is 6.84. The predicted molar refractivity (Wildman–Crippen MR) is 61.8 cm³/mol. The number of hydrogen-bond acceptors (Lipinski definition) is 3. The van der Waals surface area contributed by atoms with Crippen molar-refractivity contribution >= 4 is 11.8 Å². The fraction of sp³-hybridized carbons (Fsp3) is 0.250. The maximum Gasteiger partial charge on any atom is 0.258 e. The van der Waals surface area contributed by atoms with Crippen LogP contribution in [0.1, 0.15) is 17.3 Å². The number of nitrogens with zero attached hydrogens (tertiary/aromatic N) is 1. The van der Waals surface area contributed by atoms with Gasteiger partial charge in [0.25, 0.3) is 5.91 Å². The number of halogens is 5. The maximum atomic E-state index is 13.4. The first-order valence-corrected chi connectivity index (χ1v) is 5.69. The normalized spacial score (nSPS) is 11.5. The zero-order valence-corrected chi connectivity index (χ0v) is 10.9. The molecule has 0 aliphatic heterocycles. The van der Waals surface area contributed by atoms with E-state index in [1.54, 1.807) is 11.4 Å². The Balaban J connectivity index is 3.05. The molecule has 10 heteroatoms. The fourth-order valence-corrected chi connectivity index (χ4v) is 1.42. The summed E-state index contributed by atoms with van der Waals surface area (Å²) in [6.45, 7) is 0.707. The molecule has 5 nitrogen and oxygen atoms in total. The molecule has 1 aromatic rings. The Bertz CT molecular complexity index is 643. The second-order valence-electron chi connectivity index (χ2n) is 4.02. The van der Waals surface area contributed by atoms with Gasteiger partial charge in [-0.25, -0.2) is 22.0 Å². The van der Waals surface area contributed by atoms with E-state index in [0.29, 0.717) is 0 Å². The van der Waals surface area contributed by atoms with Crippen LogP contribution in [0, 0.1) is 40.4 Å².